The van der Waals surface area contributed by atoms with Crippen molar-refractivity contribution in [3.63, 3.8) is 0 Å². The van der Waals surface area contributed by atoms with Crippen LogP contribution in [-0.2, 0) is 11.0 Å². The molecule has 0 aliphatic rings. The Bertz CT molecular complexity index is 881. The zero-order valence-corrected chi connectivity index (χ0v) is 14.0. The predicted octanol–water partition coefficient (Wildman–Crippen LogP) is 3.41. The number of hydrogen-bond acceptors (Lipinski definition) is 5. The maximum atomic E-state index is 12.5. The predicted molar refractivity (Wildman–Crippen MR) is 90.0 cm³/mol. The van der Waals surface area contributed by atoms with Gasteiger partial charge >= 0.3 is 6.18 Å². The molecule has 3 rings (SSSR count). The van der Waals surface area contributed by atoms with Crippen LogP contribution in [0.5, 0.6) is 0 Å². The van der Waals surface area contributed by atoms with Gasteiger partial charge in [-0.3, -0.25) is 4.79 Å². The number of carbonyl (C=O) groups is 1. The molecule has 0 saturated carbocycles. The Morgan fingerprint density at radius 3 is 2.42 bits per heavy atom. The standard InChI is InChI=1S/C16H12F3N5OS/c17-16(18,19)11-6-8-12(9-7-11)20-14(25)10-26-15-21-22-23-24(15)13-4-2-1-3-5-13/h1-9H,10H2,(H,20,25). The van der Waals surface area contributed by atoms with E-state index in [1.807, 2.05) is 30.3 Å². The van der Waals surface area contributed by atoms with Gasteiger partial charge in [0.1, 0.15) is 0 Å². The summed E-state index contributed by atoms with van der Waals surface area (Å²) in [5, 5.41) is 14.3. The van der Waals surface area contributed by atoms with Gasteiger partial charge in [-0.1, -0.05) is 30.0 Å². The van der Waals surface area contributed by atoms with Crippen molar-refractivity contribution < 1.29 is 18.0 Å². The smallest absolute Gasteiger partial charge is 0.325 e. The van der Waals surface area contributed by atoms with E-state index in [4.69, 9.17) is 0 Å². The molecule has 0 saturated heterocycles. The van der Waals surface area contributed by atoms with Crippen molar-refractivity contribution in [1.82, 2.24) is 20.2 Å². The fourth-order valence-corrected chi connectivity index (χ4v) is 2.76. The number of hydrogen-bond donors (Lipinski definition) is 1. The second-order valence-electron chi connectivity index (χ2n) is 5.12. The highest BCUT2D eigenvalue weighted by Gasteiger charge is 2.29. The normalized spacial score (nSPS) is 11.3. The molecule has 0 spiro atoms. The van der Waals surface area contributed by atoms with Gasteiger partial charge in [0, 0.05) is 5.69 Å². The summed E-state index contributed by atoms with van der Waals surface area (Å²) in [7, 11) is 0. The monoisotopic (exact) mass is 379 g/mol. The Morgan fingerprint density at radius 1 is 1.08 bits per heavy atom. The number of nitrogens with zero attached hydrogens (tertiary/aromatic N) is 4. The Morgan fingerprint density at radius 2 is 1.77 bits per heavy atom. The molecule has 2 aromatic carbocycles. The second-order valence-corrected chi connectivity index (χ2v) is 6.06. The SMILES string of the molecule is O=C(CSc1nnnn1-c1ccccc1)Nc1ccc(C(F)(F)F)cc1. The molecule has 1 amide bonds. The molecule has 6 nitrogen and oxygen atoms in total. The average Bonchev–Trinajstić information content (AvgIpc) is 3.09. The number of amides is 1. The molecule has 0 atom stereocenters. The Balaban J connectivity index is 1.59. The van der Waals surface area contributed by atoms with E-state index in [0.29, 0.717) is 5.16 Å². The summed E-state index contributed by atoms with van der Waals surface area (Å²) in [6.45, 7) is 0. The zero-order chi connectivity index (χ0) is 18.6. The number of tetrazole rings is 1. The number of aromatic nitrogens is 4. The van der Waals surface area contributed by atoms with Crippen LogP contribution >= 0.6 is 11.8 Å². The lowest BCUT2D eigenvalue weighted by atomic mass is 10.2. The molecule has 1 N–H and O–H groups in total. The fraction of sp³-hybridized carbons (Fsp3) is 0.125. The highest BCUT2D eigenvalue weighted by Crippen LogP contribution is 2.29. The molecular weight excluding hydrogens is 367 g/mol. The van der Waals surface area contributed by atoms with Crippen molar-refractivity contribution in [3.05, 3.63) is 60.2 Å². The third-order valence-electron chi connectivity index (χ3n) is 3.27. The quantitative estimate of drug-likeness (QED) is 0.688. The highest BCUT2D eigenvalue weighted by molar-refractivity contribution is 7.99. The molecular formula is C16H12F3N5OS. The van der Waals surface area contributed by atoms with Gasteiger partial charge in [-0.2, -0.15) is 17.9 Å². The van der Waals surface area contributed by atoms with Crippen molar-refractivity contribution in [1.29, 1.82) is 0 Å². The van der Waals surface area contributed by atoms with Crippen LogP contribution in [0.3, 0.4) is 0 Å². The summed E-state index contributed by atoms with van der Waals surface area (Å²) in [4.78, 5) is 12.0. The van der Waals surface area contributed by atoms with Crippen molar-refractivity contribution in [2.24, 2.45) is 0 Å². The topological polar surface area (TPSA) is 72.7 Å². The average molecular weight is 379 g/mol. The molecule has 0 fully saturated rings. The van der Waals surface area contributed by atoms with Gasteiger partial charge in [-0.15, -0.1) is 5.10 Å². The molecule has 1 aromatic heterocycles. The van der Waals surface area contributed by atoms with E-state index in [2.05, 4.69) is 20.8 Å². The van der Waals surface area contributed by atoms with E-state index >= 15 is 0 Å². The molecule has 134 valence electrons. The largest absolute Gasteiger partial charge is 0.416 e. The van der Waals surface area contributed by atoms with Crippen LogP contribution < -0.4 is 5.32 Å². The number of alkyl halides is 3. The molecule has 10 heteroatoms. The van der Waals surface area contributed by atoms with Crippen LogP contribution in [0.2, 0.25) is 0 Å². The number of anilines is 1. The van der Waals surface area contributed by atoms with E-state index < -0.39 is 11.7 Å². The van der Waals surface area contributed by atoms with Crippen LogP contribution in [0.4, 0.5) is 18.9 Å². The van der Waals surface area contributed by atoms with E-state index in [0.717, 1.165) is 29.6 Å². The first-order valence-corrected chi connectivity index (χ1v) is 8.36. The van der Waals surface area contributed by atoms with Gasteiger partial charge in [0.15, 0.2) is 0 Å². The molecule has 0 radical (unpaired) electrons. The van der Waals surface area contributed by atoms with Crippen molar-refractivity contribution in [3.8, 4) is 5.69 Å². The van der Waals surface area contributed by atoms with Gasteiger partial charge in [0.25, 0.3) is 0 Å². The van der Waals surface area contributed by atoms with Gasteiger partial charge in [0.2, 0.25) is 11.1 Å². The maximum absolute atomic E-state index is 12.5. The molecule has 26 heavy (non-hydrogen) atoms. The van der Waals surface area contributed by atoms with Crippen LogP contribution in [0.1, 0.15) is 5.56 Å². The minimum Gasteiger partial charge on any atom is -0.325 e. The first kappa shape index (κ1) is 17.9. The summed E-state index contributed by atoms with van der Waals surface area (Å²) in [6.07, 6.45) is -4.41. The number of carbonyl (C=O) groups excluding carboxylic acids is 1. The first-order valence-electron chi connectivity index (χ1n) is 7.37. The Labute approximate surface area is 150 Å². The van der Waals surface area contributed by atoms with Gasteiger partial charge in [0.05, 0.1) is 17.0 Å². The highest BCUT2D eigenvalue weighted by atomic mass is 32.2. The van der Waals surface area contributed by atoms with Gasteiger partial charge in [-0.25, -0.2) is 0 Å². The Hall–Kier alpha value is -2.88. The Kier molecular flexibility index (Phi) is 5.21. The minimum absolute atomic E-state index is 0.00816. The number of para-hydroxylation sites is 1. The number of rotatable bonds is 5. The molecule has 0 unspecified atom stereocenters. The van der Waals surface area contributed by atoms with E-state index in [9.17, 15) is 18.0 Å². The summed E-state index contributed by atoms with van der Waals surface area (Å²) in [5.74, 6) is -0.369. The number of thioether (sulfide) groups is 1. The van der Waals surface area contributed by atoms with Crippen LogP contribution in [-0.4, -0.2) is 31.9 Å². The number of nitrogens with one attached hydrogen (secondary N) is 1. The van der Waals surface area contributed by atoms with Crippen LogP contribution in [0.25, 0.3) is 5.69 Å². The summed E-state index contributed by atoms with van der Waals surface area (Å²) < 4.78 is 39.1. The number of benzene rings is 2. The van der Waals surface area contributed by atoms with E-state index in [-0.39, 0.29) is 17.3 Å². The van der Waals surface area contributed by atoms with Crippen LogP contribution in [0.15, 0.2) is 59.8 Å². The van der Waals surface area contributed by atoms with Crippen molar-refractivity contribution >= 4 is 23.4 Å². The summed E-state index contributed by atoms with van der Waals surface area (Å²) in [5.41, 5.74) is 0.265. The molecule has 3 aromatic rings. The molecule has 0 bridgehead atoms. The minimum atomic E-state index is -4.41. The third kappa shape index (κ3) is 4.39. The third-order valence-corrected chi connectivity index (χ3v) is 4.19. The van der Waals surface area contributed by atoms with Crippen molar-refractivity contribution in [2.75, 3.05) is 11.1 Å². The van der Waals surface area contributed by atoms with Gasteiger partial charge < -0.3 is 5.32 Å². The molecule has 1 heterocycles. The van der Waals surface area contributed by atoms with Crippen LogP contribution in [0, 0.1) is 0 Å². The van der Waals surface area contributed by atoms with Gasteiger partial charge in [-0.05, 0) is 46.8 Å². The fourth-order valence-electron chi connectivity index (χ4n) is 2.07. The lowest BCUT2D eigenvalue weighted by Gasteiger charge is -2.08. The summed E-state index contributed by atoms with van der Waals surface area (Å²) in [6, 6.07) is 13.4. The molecule has 0 aliphatic carbocycles. The first-order chi connectivity index (χ1) is 12.4. The molecule has 0 aliphatic heterocycles. The van der Waals surface area contributed by atoms with E-state index in [1.54, 1.807) is 0 Å². The van der Waals surface area contributed by atoms with E-state index in [1.165, 1.54) is 16.8 Å². The lowest BCUT2D eigenvalue weighted by molar-refractivity contribution is -0.137. The summed E-state index contributed by atoms with van der Waals surface area (Å²) >= 11 is 1.12. The zero-order valence-electron chi connectivity index (χ0n) is 13.1. The van der Waals surface area contributed by atoms with Crippen molar-refractivity contribution in [2.45, 2.75) is 11.3 Å². The second kappa shape index (κ2) is 7.56. The number of halogens is 3. The maximum Gasteiger partial charge on any atom is 0.416 e. The lowest BCUT2D eigenvalue weighted by Crippen LogP contribution is -2.15.